The number of carbonyl (C=O) groups is 1. The first kappa shape index (κ1) is 16.4. The summed E-state index contributed by atoms with van der Waals surface area (Å²) in [5.74, 6) is -0.369. The molecule has 2 aromatic rings. The van der Waals surface area contributed by atoms with E-state index in [0.29, 0.717) is 10.9 Å². The summed E-state index contributed by atoms with van der Waals surface area (Å²) < 4.78 is 12.2. The van der Waals surface area contributed by atoms with Crippen LogP contribution in [0.25, 0.3) is 10.9 Å². The summed E-state index contributed by atoms with van der Waals surface area (Å²) in [6.45, 7) is 0.152. The second-order valence-corrected chi connectivity index (χ2v) is 5.91. The average Bonchev–Trinajstić information content (AvgIpc) is 3.01. The van der Waals surface area contributed by atoms with Crippen LogP contribution in [0.15, 0.2) is 33.9 Å². The predicted octanol–water partition coefficient (Wildman–Crippen LogP) is 1.19. The number of para-hydroxylation sites is 1. The molecule has 1 heterocycles. The predicted molar refractivity (Wildman–Crippen MR) is 88.0 cm³/mol. The van der Waals surface area contributed by atoms with Crippen LogP contribution in [-0.4, -0.2) is 34.8 Å². The van der Waals surface area contributed by atoms with Crippen LogP contribution < -0.4 is 11.2 Å². The molecule has 1 N–H and O–H groups in total. The van der Waals surface area contributed by atoms with Crippen LogP contribution in [-0.2, 0) is 20.8 Å². The van der Waals surface area contributed by atoms with Crippen LogP contribution in [0.3, 0.4) is 0 Å². The maximum Gasteiger partial charge on any atom is 0.328 e. The second-order valence-electron chi connectivity index (χ2n) is 5.91. The average molecular weight is 332 g/mol. The molecule has 1 saturated carbocycles. The molecule has 3 rings (SSSR count). The minimum absolute atomic E-state index is 0.0504. The lowest BCUT2D eigenvalue weighted by atomic mass is 10.2. The highest BCUT2D eigenvalue weighted by molar-refractivity contribution is 5.78. The SMILES string of the molecule is COC1CCCC1OC(=O)CCn1c(=O)[nH]c(=O)c2ccccc21. The van der Waals surface area contributed by atoms with Crippen molar-refractivity contribution in [3.63, 3.8) is 0 Å². The van der Waals surface area contributed by atoms with E-state index in [0.717, 1.165) is 19.3 Å². The number of hydrogen-bond donors (Lipinski definition) is 1. The number of aromatic amines is 1. The highest BCUT2D eigenvalue weighted by atomic mass is 16.6. The molecule has 1 aromatic heterocycles. The third-order valence-electron chi connectivity index (χ3n) is 4.42. The molecule has 128 valence electrons. The maximum atomic E-state index is 12.1. The van der Waals surface area contributed by atoms with E-state index in [1.54, 1.807) is 31.4 Å². The Hall–Kier alpha value is -2.41. The van der Waals surface area contributed by atoms with Crippen molar-refractivity contribution in [2.24, 2.45) is 0 Å². The van der Waals surface area contributed by atoms with Gasteiger partial charge >= 0.3 is 11.7 Å². The van der Waals surface area contributed by atoms with Crippen LogP contribution in [0.4, 0.5) is 0 Å². The minimum atomic E-state index is -0.526. The smallest absolute Gasteiger partial charge is 0.328 e. The van der Waals surface area contributed by atoms with E-state index in [-0.39, 0.29) is 31.1 Å². The van der Waals surface area contributed by atoms with Gasteiger partial charge in [-0.3, -0.25) is 19.1 Å². The number of aryl methyl sites for hydroxylation is 1. The van der Waals surface area contributed by atoms with E-state index in [9.17, 15) is 14.4 Å². The largest absolute Gasteiger partial charge is 0.460 e. The first-order valence-corrected chi connectivity index (χ1v) is 8.04. The van der Waals surface area contributed by atoms with Gasteiger partial charge in [0.05, 0.1) is 23.4 Å². The van der Waals surface area contributed by atoms with Crippen molar-refractivity contribution in [1.82, 2.24) is 9.55 Å². The van der Waals surface area contributed by atoms with Crippen LogP contribution >= 0.6 is 0 Å². The molecule has 7 nitrogen and oxygen atoms in total. The van der Waals surface area contributed by atoms with E-state index in [4.69, 9.17) is 9.47 Å². The van der Waals surface area contributed by atoms with Gasteiger partial charge in [0.2, 0.25) is 0 Å². The normalized spacial score (nSPS) is 20.4. The Balaban J connectivity index is 1.73. The fourth-order valence-electron chi connectivity index (χ4n) is 3.19. The number of methoxy groups -OCH3 is 1. The number of nitrogens with one attached hydrogen (secondary N) is 1. The van der Waals surface area contributed by atoms with E-state index in [1.807, 2.05) is 0 Å². The van der Waals surface area contributed by atoms with Gasteiger partial charge in [0.15, 0.2) is 0 Å². The highest BCUT2D eigenvalue weighted by Gasteiger charge is 2.30. The first-order valence-electron chi connectivity index (χ1n) is 8.04. The summed E-state index contributed by atoms with van der Waals surface area (Å²) in [4.78, 5) is 38.2. The topological polar surface area (TPSA) is 90.4 Å². The molecule has 0 radical (unpaired) electrons. The molecular formula is C17H20N2O5. The number of benzene rings is 1. The molecular weight excluding hydrogens is 312 g/mol. The Bertz CT molecular complexity index is 854. The minimum Gasteiger partial charge on any atom is -0.460 e. The van der Waals surface area contributed by atoms with Gasteiger partial charge in [-0.25, -0.2) is 4.79 Å². The maximum absolute atomic E-state index is 12.1. The van der Waals surface area contributed by atoms with Gasteiger partial charge in [0.1, 0.15) is 6.10 Å². The van der Waals surface area contributed by atoms with Gasteiger partial charge in [-0.2, -0.15) is 0 Å². The lowest BCUT2D eigenvalue weighted by Crippen LogP contribution is -2.32. The van der Waals surface area contributed by atoms with Crippen molar-refractivity contribution in [2.45, 2.75) is 44.4 Å². The Morgan fingerprint density at radius 2 is 2.00 bits per heavy atom. The van der Waals surface area contributed by atoms with E-state index in [2.05, 4.69) is 4.98 Å². The monoisotopic (exact) mass is 332 g/mol. The molecule has 1 aromatic carbocycles. The Morgan fingerprint density at radius 1 is 1.25 bits per heavy atom. The summed E-state index contributed by atoms with van der Waals surface area (Å²) in [5, 5.41) is 0.417. The van der Waals surface area contributed by atoms with Gasteiger partial charge in [-0.15, -0.1) is 0 Å². The fourth-order valence-corrected chi connectivity index (χ4v) is 3.19. The Labute approximate surface area is 138 Å². The van der Waals surface area contributed by atoms with Crippen LogP contribution in [0, 0.1) is 0 Å². The molecule has 0 aliphatic heterocycles. The summed E-state index contributed by atoms with van der Waals surface area (Å²) >= 11 is 0. The summed E-state index contributed by atoms with van der Waals surface area (Å²) in [5.41, 5.74) is -0.444. The number of nitrogens with zero attached hydrogens (tertiary/aromatic N) is 1. The van der Waals surface area contributed by atoms with E-state index >= 15 is 0 Å². The number of ether oxygens (including phenoxy) is 2. The second kappa shape index (κ2) is 7.00. The zero-order chi connectivity index (χ0) is 17.1. The number of hydrogen-bond acceptors (Lipinski definition) is 5. The van der Waals surface area contributed by atoms with Crippen molar-refractivity contribution < 1.29 is 14.3 Å². The molecule has 24 heavy (non-hydrogen) atoms. The van der Waals surface area contributed by atoms with Crippen LogP contribution in [0.1, 0.15) is 25.7 Å². The van der Waals surface area contributed by atoms with Gasteiger partial charge in [0.25, 0.3) is 5.56 Å². The number of carbonyl (C=O) groups excluding carboxylic acids is 1. The molecule has 1 aliphatic rings. The molecule has 0 amide bonds. The lowest BCUT2D eigenvalue weighted by Gasteiger charge is -2.19. The lowest BCUT2D eigenvalue weighted by molar-refractivity contribution is -0.154. The van der Waals surface area contributed by atoms with Crippen molar-refractivity contribution >= 4 is 16.9 Å². The van der Waals surface area contributed by atoms with Gasteiger partial charge in [0, 0.05) is 13.7 Å². The zero-order valence-corrected chi connectivity index (χ0v) is 13.5. The quantitative estimate of drug-likeness (QED) is 0.831. The summed E-state index contributed by atoms with van der Waals surface area (Å²) in [7, 11) is 1.61. The van der Waals surface area contributed by atoms with Crippen LogP contribution in [0.5, 0.6) is 0 Å². The number of H-pyrrole nitrogens is 1. The van der Waals surface area contributed by atoms with E-state index < -0.39 is 11.2 Å². The number of esters is 1. The molecule has 2 unspecified atom stereocenters. The first-order chi connectivity index (χ1) is 11.6. The van der Waals surface area contributed by atoms with Crippen molar-refractivity contribution in [3.8, 4) is 0 Å². The van der Waals surface area contributed by atoms with Gasteiger partial charge in [-0.05, 0) is 31.4 Å². The molecule has 0 bridgehead atoms. The molecule has 2 atom stereocenters. The summed E-state index contributed by atoms with van der Waals surface area (Å²) in [6.07, 6.45) is 2.45. The highest BCUT2D eigenvalue weighted by Crippen LogP contribution is 2.24. The number of aromatic nitrogens is 2. The standard InChI is InChI=1S/C17H20N2O5/c1-23-13-7-4-8-14(13)24-15(20)9-10-19-12-6-3-2-5-11(12)16(21)18-17(19)22/h2-3,5-6,13-14H,4,7-10H2,1H3,(H,18,21,22). The third-order valence-corrected chi connectivity index (χ3v) is 4.42. The molecule has 1 aliphatic carbocycles. The Kier molecular flexibility index (Phi) is 4.80. The molecule has 1 fully saturated rings. The molecule has 0 spiro atoms. The molecule has 0 saturated heterocycles. The Morgan fingerprint density at radius 3 is 2.79 bits per heavy atom. The summed E-state index contributed by atoms with van der Waals surface area (Å²) in [6, 6.07) is 6.81. The zero-order valence-electron chi connectivity index (χ0n) is 13.5. The molecule has 7 heteroatoms. The van der Waals surface area contributed by atoms with Gasteiger partial charge < -0.3 is 9.47 Å². The number of rotatable bonds is 5. The van der Waals surface area contributed by atoms with Crippen molar-refractivity contribution in [3.05, 3.63) is 45.1 Å². The number of fused-ring (bicyclic) bond motifs is 1. The third kappa shape index (κ3) is 3.26. The fraction of sp³-hybridized carbons (Fsp3) is 0.471. The van der Waals surface area contributed by atoms with E-state index in [1.165, 1.54) is 4.57 Å². The van der Waals surface area contributed by atoms with Crippen molar-refractivity contribution in [1.29, 1.82) is 0 Å². The van der Waals surface area contributed by atoms with Crippen LogP contribution in [0.2, 0.25) is 0 Å². The van der Waals surface area contributed by atoms with Crippen molar-refractivity contribution in [2.75, 3.05) is 7.11 Å². The van der Waals surface area contributed by atoms with Gasteiger partial charge in [-0.1, -0.05) is 12.1 Å².